The van der Waals surface area contributed by atoms with Crippen LogP contribution in [0.15, 0.2) is 33.9 Å². The van der Waals surface area contributed by atoms with Crippen molar-refractivity contribution in [1.29, 1.82) is 0 Å². The van der Waals surface area contributed by atoms with Crippen LogP contribution in [0.5, 0.6) is 0 Å². The Labute approximate surface area is 153 Å². The van der Waals surface area contributed by atoms with E-state index in [2.05, 4.69) is 35.9 Å². The van der Waals surface area contributed by atoms with Crippen LogP contribution in [-0.2, 0) is 25.6 Å². The second-order valence-corrected chi connectivity index (χ2v) is 8.04. The SMILES string of the molecule is Cn1nc(CN2CCCC2Cn2nc(C(C)(C)C)ccc2=O)ccc1=O. The first-order chi connectivity index (χ1) is 12.2. The van der Waals surface area contributed by atoms with E-state index in [1.165, 1.54) is 4.68 Å². The van der Waals surface area contributed by atoms with E-state index in [1.54, 1.807) is 29.9 Å². The molecule has 3 heterocycles. The average molecular weight is 357 g/mol. The molecule has 1 unspecified atom stereocenters. The van der Waals surface area contributed by atoms with Gasteiger partial charge in [-0.05, 0) is 31.5 Å². The lowest BCUT2D eigenvalue weighted by atomic mass is 9.92. The van der Waals surface area contributed by atoms with Crippen molar-refractivity contribution in [3.05, 3.63) is 56.4 Å². The van der Waals surface area contributed by atoms with Gasteiger partial charge in [-0.25, -0.2) is 9.36 Å². The molecule has 2 aromatic rings. The number of hydrogen-bond acceptors (Lipinski definition) is 5. The molecule has 1 aliphatic rings. The predicted octanol–water partition coefficient (Wildman–Crippen LogP) is 1.30. The third kappa shape index (κ3) is 4.09. The summed E-state index contributed by atoms with van der Waals surface area (Å²) >= 11 is 0. The number of rotatable bonds is 4. The summed E-state index contributed by atoms with van der Waals surface area (Å²) in [5, 5.41) is 8.91. The highest BCUT2D eigenvalue weighted by Crippen LogP contribution is 2.21. The number of nitrogens with zero attached hydrogens (tertiary/aromatic N) is 5. The summed E-state index contributed by atoms with van der Waals surface area (Å²) in [7, 11) is 1.66. The Hall–Kier alpha value is -2.28. The molecule has 0 bridgehead atoms. The molecule has 2 aromatic heterocycles. The van der Waals surface area contributed by atoms with Gasteiger partial charge in [0.25, 0.3) is 11.1 Å². The van der Waals surface area contributed by atoms with E-state index < -0.39 is 0 Å². The van der Waals surface area contributed by atoms with Gasteiger partial charge < -0.3 is 0 Å². The van der Waals surface area contributed by atoms with Gasteiger partial charge in [0.05, 0.1) is 17.9 Å². The molecule has 7 nitrogen and oxygen atoms in total. The van der Waals surface area contributed by atoms with Crippen LogP contribution in [0.4, 0.5) is 0 Å². The lowest BCUT2D eigenvalue weighted by Crippen LogP contribution is -2.38. The Balaban J connectivity index is 1.78. The third-order valence-electron chi connectivity index (χ3n) is 4.90. The molecule has 3 rings (SSSR count). The Morgan fingerprint density at radius 2 is 1.81 bits per heavy atom. The third-order valence-corrected chi connectivity index (χ3v) is 4.90. The fraction of sp³-hybridized carbons (Fsp3) is 0.579. The predicted molar refractivity (Wildman–Crippen MR) is 100 cm³/mol. The van der Waals surface area contributed by atoms with E-state index in [4.69, 9.17) is 0 Å². The van der Waals surface area contributed by atoms with Crippen LogP contribution in [0, 0.1) is 0 Å². The first kappa shape index (κ1) is 18.5. The molecule has 0 aliphatic carbocycles. The zero-order valence-corrected chi connectivity index (χ0v) is 16.0. The van der Waals surface area contributed by atoms with E-state index in [0.29, 0.717) is 13.1 Å². The van der Waals surface area contributed by atoms with Gasteiger partial charge in [-0.1, -0.05) is 20.8 Å². The van der Waals surface area contributed by atoms with Gasteiger partial charge in [-0.3, -0.25) is 14.5 Å². The molecule has 0 radical (unpaired) electrons. The van der Waals surface area contributed by atoms with E-state index >= 15 is 0 Å². The van der Waals surface area contributed by atoms with Gasteiger partial charge in [0.15, 0.2) is 0 Å². The molecule has 1 fully saturated rings. The maximum Gasteiger partial charge on any atom is 0.266 e. The van der Waals surface area contributed by atoms with Crippen molar-refractivity contribution in [2.45, 2.75) is 58.2 Å². The first-order valence-electron chi connectivity index (χ1n) is 9.10. The van der Waals surface area contributed by atoms with E-state index in [1.807, 2.05) is 6.07 Å². The van der Waals surface area contributed by atoms with Gasteiger partial charge in [-0.15, -0.1) is 0 Å². The maximum atomic E-state index is 12.3. The Morgan fingerprint density at radius 3 is 2.50 bits per heavy atom. The van der Waals surface area contributed by atoms with Crippen molar-refractivity contribution in [1.82, 2.24) is 24.5 Å². The van der Waals surface area contributed by atoms with Crippen LogP contribution in [-0.4, -0.2) is 37.0 Å². The lowest BCUT2D eigenvalue weighted by molar-refractivity contribution is 0.212. The van der Waals surface area contributed by atoms with E-state index in [0.717, 1.165) is 30.8 Å². The van der Waals surface area contributed by atoms with Crippen LogP contribution in [0.3, 0.4) is 0 Å². The van der Waals surface area contributed by atoms with Crippen molar-refractivity contribution in [2.75, 3.05) is 6.54 Å². The highest BCUT2D eigenvalue weighted by molar-refractivity contribution is 5.11. The second-order valence-electron chi connectivity index (χ2n) is 8.04. The monoisotopic (exact) mass is 357 g/mol. The highest BCUT2D eigenvalue weighted by Gasteiger charge is 2.26. The minimum atomic E-state index is -0.110. The molecule has 1 atom stereocenters. The molecule has 1 saturated heterocycles. The van der Waals surface area contributed by atoms with Crippen LogP contribution >= 0.6 is 0 Å². The standard InChI is InChI=1S/C19H27N5O2/c1-19(2,3)16-8-10-18(26)24(21-16)13-15-6-5-11-23(15)12-14-7-9-17(25)22(4)20-14/h7-10,15H,5-6,11-13H2,1-4H3. The van der Waals surface area contributed by atoms with E-state index in [9.17, 15) is 9.59 Å². The lowest BCUT2D eigenvalue weighted by Gasteiger charge is -2.25. The Bertz CT molecular complexity index is 894. The summed E-state index contributed by atoms with van der Waals surface area (Å²) < 4.78 is 2.96. The second kappa shape index (κ2) is 7.15. The Morgan fingerprint density at radius 1 is 1.08 bits per heavy atom. The molecule has 1 aliphatic heterocycles. The Kier molecular flexibility index (Phi) is 5.09. The van der Waals surface area contributed by atoms with Crippen molar-refractivity contribution in [2.24, 2.45) is 7.05 Å². The van der Waals surface area contributed by atoms with Crippen LogP contribution < -0.4 is 11.1 Å². The molecule has 0 amide bonds. The van der Waals surface area contributed by atoms with Crippen LogP contribution in [0.1, 0.15) is 45.0 Å². The molecule has 0 N–H and O–H groups in total. The molecular formula is C19H27N5O2. The minimum absolute atomic E-state index is 0.0647. The fourth-order valence-corrected chi connectivity index (χ4v) is 3.33. The van der Waals surface area contributed by atoms with Crippen molar-refractivity contribution in [3.63, 3.8) is 0 Å². The molecule has 7 heteroatoms. The summed E-state index contributed by atoms with van der Waals surface area (Å²) in [5.41, 5.74) is 1.51. The molecule has 0 saturated carbocycles. The average Bonchev–Trinajstić information content (AvgIpc) is 2.99. The summed E-state index contributed by atoms with van der Waals surface area (Å²) in [6, 6.07) is 7.00. The zero-order valence-electron chi connectivity index (χ0n) is 16.0. The van der Waals surface area contributed by atoms with Gasteiger partial charge in [0.2, 0.25) is 0 Å². The normalized spacial score (nSPS) is 18.4. The van der Waals surface area contributed by atoms with E-state index in [-0.39, 0.29) is 22.6 Å². The summed E-state index contributed by atoms with van der Waals surface area (Å²) in [6.45, 7) is 8.50. The number of aryl methyl sites for hydroxylation is 1. The largest absolute Gasteiger partial charge is 0.293 e. The van der Waals surface area contributed by atoms with Crippen LogP contribution in [0.25, 0.3) is 0 Å². The first-order valence-corrected chi connectivity index (χ1v) is 9.10. The summed E-state index contributed by atoms with van der Waals surface area (Å²) in [4.78, 5) is 26.1. The van der Waals surface area contributed by atoms with Gasteiger partial charge in [0, 0.05) is 37.2 Å². The fourth-order valence-electron chi connectivity index (χ4n) is 3.33. The summed E-state index contributed by atoms with van der Waals surface area (Å²) in [6.07, 6.45) is 2.11. The maximum absolute atomic E-state index is 12.3. The topological polar surface area (TPSA) is 73.0 Å². The van der Waals surface area contributed by atoms with Gasteiger partial charge in [-0.2, -0.15) is 10.2 Å². The molecule has 0 aromatic carbocycles. The minimum Gasteiger partial charge on any atom is -0.293 e. The van der Waals surface area contributed by atoms with Crippen molar-refractivity contribution >= 4 is 0 Å². The number of aromatic nitrogens is 4. The quantitative estimate of drug-likeness (QED) is 0.825. The highest BCUT2D eigenvalue weighted by atomic mass is 16.1. The molecule has 0 spiro atoms. The molecule has 26 heavy (non-hydrogen) atoms. The summed E-state index contributed by atoms with van der Waals surface area (Å²) in [5.74, 6) is 0. The molecule has 140 valence electrons. The molecular weight excluding hydrogens is 330 g/mol. The van der Waals surface area contributed by atoms with Gasteiger partial charge >= 0.3 is 0 Å². The number of likely N-dealkylation sites (tertiary alicyclic amines) is 1. The number of hydrogen-bond donors (Lipinski definition) is 0. The van der Waals surface area contributed by atoms with Crippen molar-refractivity contribution < 1.29 is 0 Å². The van der Waals surface area contributed by atoms with Crippen LogP contribution in [0.2, 0.25) is 0 Å². The smallest absolute Gasteiger partial charge is 0.266 e. The zero-order chi connectivity index (χ0) is 18.9. The van der Waals surface area contributed by atoms with Crippen molar-refractivity contribution in [3.8, 4) is 0 Å². The van der Waals surface area contributed by atoms with Gasteiger partial charge in [0.1, 0.15) is 0 Å².